The van der Waals surface area contributed by atoms with Crippen molar-refractivity contribution in [3.05, 3.63) is 24.8 Å². The maximum absolute atomic E-state index is 12.2. The van der Waals surface area contributed by atoms with Crippen LogP contribution in [0.2, 0.25) is 0 Å². The van der Waals surface area contributed by atoms with Gasteiger partial charge >= 0.3 is 0 Å². The molecule has 100 valence electrons. The second-order valence-electron chi connectivity index (χ2n) is 3.92. The van der Waals surface area contributed by atoms with E-state index in [2.05, 4.69) is 5.32 Å². The smallest absolute Gasteiger partial charge is 0.258 e. The molecule has 1 aromatic rings. The third-order valence-electron chi connectivity index (χ3n) is 2.49. The Morgan fingerprint density at radius 1 is 1.21 bits per heavy atom. The van der Waals surface area contributed by atoms with Gasteiger partial charge in [0.1, 0.15) is 18.8 Å². The van der Waals surface area contributed by atoms with Crippen LogP contribution in [0.4, 0.5) is 0 Å². The van der Waals surface area contributed by atoms with E-state index >= 15 is 0 Å². The quantitative estimate of drug-likeness (QED) is 0.453. The lowest BCUT2D eigenvalue weighted by Crippen LogP contribution is -2.53. The number of phenols is 1. The number of nitrogens with zero attached hydrogens (tertiary/aromatic N) is 1. The maximum atomic E-state index is 12.2. The molecule has 1 aromatic carbocycles. The summed E-state index contributed by atoms with van der Waals surface area (Å²) in [5.41, 5.74) is 0.0961. The van der Waals surface area contributed by atoms with Crippen LogP contribution in [0.3, 0.4) is 0 Å². The van der Waals surface area contributed by atoms with Gasteiger partial charge in [-0.15, -0.1) is 0 Å². The molecule has 0 bridgehead atoms. The van der Waals surface area contributed by atoms with Crippen molar-refractivity contribution in [1.29, 1.82) is 0 Å². The van der Waals surface area contributed by atoms with Crippen molar-refractivity contribution < 1.29 is 19.5 Å². The molecule has 19 heavy (non-hydrogen) atoms. The van der Waals surface area contributed by atoms with Crippen LogP contribution in [-0.4, -0.2) is 40.8 Å². The summed E-state index contributed by atoms with van der Waals surface area (Å²) in [6.45, 7) is -0.377. The van der Waals surface area contributed by atoms with E-state index in [1.165, 1.54) is 6.07 Å². The number of nitrogens with one attached hydrogen (secondary N) is 1. The minimum atomic E-state index is -0.530. The molecule has 0 radical (unpaired) electrons. The molecule has 6 nitrogen and oxygen atoms in total. The third kappa shape index (κ3) is 3.16. The maximum Gasteiger partial charge on any atom is 0.258 e. The molecule has 8 heteroatoms. The van der Waals surface area contributed by atoms with Gasteiger partial charge in [-0.3, -0.25) is 19.7 Å². The highest BCUT2D eigenvalue weighted by Crippen LogP contribution is 2.28. The van der Waals surface area contributed by atoms with Crippen molar-refractivity contribution in [2.24, 2.45) is 0 Å². The fraction of sp³-hybridized carbons (Fsp3) is 0.182. The van der Waals surface area contributed by atoms with Crippen LogP contribution in [0.15, 0.2) is 12.1 Å². The van der Waals surface area contributed by atoms with E-state index < -0.39 is 17.7 Å². The van der Waals surface area contributed by atoms with Gasteiger partial charge in [0, 0.05) is 3.57 Å². The van der Waals surface area contributed by atoms with Crippen LogP contribution < -0.4 is 5.32 Å². The van der Waals surface area contributed by atoms with Crippen LogP contribution in [0.5, 0.6) is 5.75 Å². The van der Waals surface area contributed by atoms with Crippen LogP contribution in [0.1, 0.15) is 10.4 Å². The Bertz CT molecular complexity index is 572. The van der Waals surface area contributed by atoms with E-state index in [1.54, 1.807) is 6.07 Å². The summed E-state index contributed by atoms with van der Waals surface area (Å²) >= 11 is 3.94. The topological polar surface area (TPSA) is 86.7 Å². The standard InChI is InChI=1S/C11H8I2N2O4/c12-5-1-6(10(18)7(13)2-5)11(19)15-3-8(16)14-9(17)4-15/h1-2,18H,3-4H2,(H,14,16,17). The van der Waals surface area contributed by atoms with Crippen LogP contribution in [-0.2, 0) is 9.59 Å². The van der Waals surface area contributed by atoms with Crippen LogP contribution in [0.25, 0.3) is 0 Å². The minimum absolute atomic E-state index is 0.0961. The van der Waals surface area contributed by atoms with Crippen molar-refractivity contribution >= 4 is 62.9 Å². The summed E-state index contributed by atoms with van der Waals surface area (Å²) in [5.74, 6) is -1.71. The molecule has 2 rings (SSSR count). The van der Waals surface area contributed by atoms with Gasteiger partial charge in [0.15, 0.2) is 0 Å². The zero-order chi connectivity index (χ0) is 14.2. The summed E-state index contributed by atoms with van der Waals surface area (Å²) in [6.07, 6.45) is 0. The Morgan fingerprint density at radius 3 is 2.37 bits per heavy atom. The minimum Gasteiger partial charge on any atom is -0.506 e. The van der Waals surface area contributed by atoms with Gasteiger partial charge in [-0.25, -0.2) is 0 Å². The van der Waals surface area contributed by atoms with Crippen LogP contribution in [0, 0.1) is 7.14 Å². The predicted molar refractivity (Wildman–Crippen MR) is 82.6 cm³/mol. The number of phenolic OH excluding ortho intramolecular Hbond substituents is 1. The lowest BCUT2D eigenvalue weighted by atomic mass is 10.1. The summed E-state index contributed by atoms with van der Waals surface area (Å²) in [5, 5.41) is 12.0. The molecule has 0 atom stereocenters. The van der Waals surface area contributed by atoms with E-state index in [-0.39, 0.29) is 24.4 Å². The van der Waals surface area contributed by atoms with Crippen molar-refractivity contribution in [3.8, 4) is 5.75 Å². The molecule has 0 aliphatic carbocycles. The first-order valence-corrected chi connectivity index (χ1v) is 7.34. The Kier molecular flexibility index (Phi) is 4.28. The summed E-state index contributed by atoms with van der Waals surface area (Å²) in [7, 11) is 0. The Balaban J connectivity index is 2.34. The number of carbonyl (C=O) groups is 3. The van der Waals surface area contributed by atoms with Gasteiger partial charge in [0.25, 0.3) is 5.91 Å². The SMILES string of the molecule is O=C1CN(C(=O)c2cc(I)cc(I)c2O)CC(=O)N1. The number of rotatable bonds is 1. The molecule has 1 saturated heterocycles. The summed E-state index contributed by atoms with van der Waals surface area (Å²) in [6, 6.07) is 3.25. The zero-order valence-corrected chi connectivity index (χ0v) is 13.8. The number of aromatic hydroxyl groups is 1. The average molecular weight is 486 g/mol. The van der Waals surface area contributed by atoms with E-state index in [0.717, 1.165) is 8.47 Å². The predicted octanol–water partition coefficient (Wildman–Crippen LogP) is 0.700. The Morgan fingerprint density at radius 2 is 1.79 bits per heavy atom. The highest BCUT2D eigenvalue weighted by atomic mass is 127. The number of halogens is 2. The van der Waals surface area contributed by atoms with Crippen molar-refractivity contribution in [3.63, 3.8) is 0 Å². The lowest BCUT2D eigenvalue weighted by Gasteiger charge is -2.25. The monoisotopic (exact) mass is 486 g/mol. The van der Waals surface area contributed by atoms with Gasteiger partial charge in [0.2, 0.25) is 11.8 Å². The first-order valence-electron chi connectivity index (χ1n) is 5.18. The third-order valence-corrected chi connectivity index (χ3v) is 3.94. The Hall–Kier alpha value is -0.910. The molecule has 1 fully saturated rings. The molecule has 1 aliphatic rings. The highest BCUT2D eigenvalue weighted by Gasteiger charge is 2.29. The summed E-state index contributed by atoms with van der Waals surface area (Å²) in [4.78, 5) is 35.9. The van der Waals surface area contributed by atoms with Crippen molar-refractivity contribution in [1.82, 2.24) is 10.2 Å². The average Bonchev–Trinajstić information content (AvgIpc) is 2.31. The second kappa shape index (κ2) is 5.61. The molecular formula is C11H8I2N2O4. The number of hydrogen-bond acceptors (Lipinski definition) is 4. The van der Waals surface area contributed by atoms with E-state index in [0.29, 0.717) is 3.57 Å². The van der Waals surface area contributed by atoms with E-state index in [9.17, 15) is 19.5 Å². The number of imide groups is 1. The first kappa shape index (κ1) is 14.5. The number of carbonyl (C=O) groups excluding carboxylic acids is 3. The van der Waals surface area contributed by atoms with Gasteiger partial charge in [-0.05, 0) is 57.3 Å². The molecular weight excluding hydrogens is 478 g/mol. The molecule has 1 aliphatic heterocycles. The van der Waals surface area contributed by atoms with Crippen molar-refractivity contribution in [2.75, 3.05) is 13.1 Å². The molecule has 3 amide bonds. The number of amides is 3. The summed E-state index contributed by atoms with van der Waals surface area (Å²) < 4.78 is 1.33. The largest absolute Gasteiger partial charge is 0.506 e. The van der Waals surface area contributed by atoms with Gasteiger partial charge in [0.05, 0.1) is 9.13 Å². The molecule has 0 spiro atoms. The fourth-order valence-corrected chi connectivity index (χ4v) is 3.52. The van der Waals surface area contributed by atoms with E-state index in [1.807, 2.05) is 45.2 Å². The zero-order valence-electron chi connectivity index (χ0n) is 9.44. The molecule has 0 unspecified atom stereocenters. The highest BCUT2D eigenvalue weighted by molar-refractivity contribution is 14.1. The lowest BCUT2D eigenvalue weighted by molar-refractivity contribution is -0.135. The number of benzene rings is 1. The Labute approximate surface area is 135 Å². The number of hydrogen-bond donors (Lipinski definition) is 2. The molecule has 0 saturated carbocycles. The van der Waals surface area contributed by atoms with Gasteiger partial charge < -0.3 is 10.0 Å². The van der Waals surface area contributed by atoms with Crippen LogP contribution >= 0.6 is 45.2 Å². The van der Waals surface area contributed by atoms with E-state index in [4.69, 9.17) is 0 Å². The van der Waals surface area contributed by atoms with Gasteiger partial charge in [-0.1, -0.05) is 0 Å². The normalized spacial score (nSPS) is 15.4. The number of piperazine rings is 1. The van der Waals surface area contributed by atoms with Crippen molar-refractivity contribution in [2.45, 2.75) is 0 Å². The molecule has 1 heterocycles. The first-order chi connectivity index (χ1) is 8.88. The second-order valence-corrected chi connectivity index (χ2v) is 6.32. The molecule has 0 aromatic heterocycles. The van der Waals surface area contributed by atoms with Gasteiger partial charge in [-0.2, -0.15) is 0 Å². The molecule has 2 N–H and O–H groups in total. The fourth-order valence-electron chi connectivity index (χ4n) is 1.68.